The lowest BCUT2D eigenvalue weighted by atomic mass is 9.79. The highest BCUT2D eigenvalue weighted by atomic mass is 127. The molecule has 0 amide bonds. The molecular formula is C41H64INO16. The smallest absolute Gasteiger partial charge is 0.309 e. The van der Waals surface area contributed by atoms with Gasteiger partial charge in [-0.3, -0.25) is 24.1 Å². The van der Waals surface area contributed by atoms with Gasteiger partial charge in [-0.1, -0.05) is 31.6 Å². The molecule has 0 saturated carbocycles. The first-order valence-electron chi connectivity index (χ1n) is 19.9. The van der Waals surface area contributed by atoms with Gasteiger partial charge in [-0.25, -0.2) is 0 Å². The second kappa shape index (κ2) is 23.7. The van der Waals surface area contributed by atoms with Crippen LogP contribution in [0, 0.1) is 23.7 Å². The summed E-state index contributed by atoms with van der Waals surface area (Å²) in [6.45, 7) is 11.0. The second-order valence-corrected chi connectivity index (χ2v) is 17.2. The number of allylic oxidation sites excluding steroid dienone is 3. The van der Waals surface area contributed by atoms with Crippen LogP contribution in [0.5, 0.6) is 0 Å². The third kappa shape index (κ3) is 14.1. The van der Waals surface area contributed by atoms with Crippen molar-refractivity contribution in [3.8, 4) is 0 Å². The summed E-state index contributed by atoms with van der Waals surface area (Å²) >= 11 is 1.97. The highest BCUT2D eigenvalue weighted by Gasteiger charge is 2.52. The molecule has 3 aliphatic rings. The SMILES string of the molecule is COC1C(OC)[C@H](O)C(C)O[C@H]1OCC1/C=C(C)/C=C/C(=O)[C@H](C)C[C@H](CC=O)[C@H](OC2OC(C)[C@@H](OC(C)=O)C(N(C)C)C2OC(C)=O)[C@@H](C)[C@H](O)CC(=O)O[C@@H]1I. The van der Waals surface area contributed by atoms with Crippen LogP contribution in [0.1, 0.15) is 67.7 Å². The van der Waals surface area contributed by atoms with E-state index in [0.717, 1.165) is 0 Å². The molecule has 0 aromatic rings. The summed E-state index contributed by atoms with van der Waals surface area (Å²) in [5.41, 5.74) is 0.664. The van der Waals surface area contributed by atoms with Crippen molar-refractivity contribution in [1.82, 2.24) is 4.90 Å². The Morgan fingerprint density at radius 1 is 0.898 bits per heavy atom. The number of aliphatic hydroxyl groups is 2. The molecule has 8 unspecified atom stereocenters. The van der Waals surface area contributed by atoms with E-state index in [1.165, 1.54) is 34.1 Å². The minimum Gasteiger partial charge on any atom is -0.458 e. The third-order valence-electron chi connectivity index (χ3n) is 11.1. The number of cyclic esters (lactones) is 1. The van der Waals surface area contributed by atoms with Crippen LogP contribution in [0.2, 0.25) is 0 Å². The summed E-state index contributed by atoms with van der Waals surface area (Å²) < 4.78 is 52.5. The average molecular weight is 954 g/mol. The van der Waals surface area contributed by atoms with Gasteiger partial charge in [0.05, 0.1) is 43.5 Å². The number of hydrogen-bond acceptors (Lipinski definition) is 17. The van der Waals surface area contributed by atoms with Crippen molar-refractivity contribution in [2.75, 3.05) is 34.9 Å². The fourth-order valence-corrected chi connectivity index (χ4v) is 8.59. The van der Waals surface area contributed by atoms with Crippen LogP contribution in [-0.4, -0.2) is 158 Å². The molecule has 17 atom stereocenters. The zero-order valence-corrected chi connectivity index (χ0v) is 38.0. The number of halogens is 1. The predicted molar refractivity (Wildman–Crippen MR) is 219 cm³/mol. The first-order valence-corrected chi connectivity index (χ1v) is 21.2. The van der Waals surface area contributed by atoms with Crippen LogP contribution < -0.4 is 0 Å². The Balaban J connectivity index is 2.00. The van der Waals surface area contributed by atoms with E-state index >= 15 is 0 Å². The van der Waals surface area contributed by atoms with Gasteiger partial charge >= 0.3 is 17.9 Å². The topological polar surface area (TPSA) is 212 Å². The van der Waals surface area contributed by atoms with Gasteiger partial charge in [-0.15, -0.1) is 0 Å². The van der Waals surface area contributed by atoms with Crippen molar-refractivity contribution < 1.29 is 76.8 Å². The number of nitrogens with zero attached hydrogens (tertiary/aromatic N) is 1. The van der Waals surface area contributed by atoms with Crippen LogP contribution in [0.4, 0.5) is 0 Å². The molecule has 18 heteroatoms. The number of carbonyl (C=O) groups excluding carboxylic acids is 5. The Hall–Kier alpha value is -2.40. The van der Waals surface area contributed by atoms with E-state index in [-0.39, 0.29) is 25.2 Å². The number of likely N-dealkylation sites (N-methyl/N-ethyl adjacent to an activating group) is 1. The highest BCUT2D eigenvalue weighted by Crippen LogP contribution is 2.36. The molecule has 0 bridgehead atoms. The molecule has 0 aliphatic carbocycles. The van der Waals surface area contributed by atoms with E-state index in [2.05, 4.69) is 0 Å². The Labute approximate surface area is 360 Å². The molecular weight excluding hydrogens is 889 g/mol. The lowest BCUT2D eigenvalue weighted by Crippen LogP contribution is -2.65. The minimum atomic E-state index is -1.38. The number of aldehydes is 1. The van der Waals surface area contributed by atoms with Crippen LogP contribution in [0.25, 0.3) is 0 Å². The van der Waals surface area contributed by atoms with E-state index < -0.39 is 126 Å². The molecule has 0 radical (unpaired) electrons. The number of hydrogen-bond donors (Lipinski definition) is 2. The monoisotopic (exact) mass is 953 g/mol. The van der Waals surface area contributed by atoms with Gasteiger partial charge in [0.15, 0.2) is 28.6 Å². The first-order chi connectivity index (χ1) is 27.7. The van der Waals surface area contributed by atoms with Crippen molar-refractivity contribution in [1.29, 1.82) is 0 Å². The average Bonchev–Trinajstić information content (AvgIpc) is 3.15. The van der Waals surface area contributed by atoms with E-state index in [1.807, 2.05) is 22.6 Å². The van der Waals surface area contributed by atoms with Gasteiger partial charge in [-0.2, -0.15) is 0 Å². The van der Waals surface area contributed by atoms with E-state index in [9.17, 15) is 34.2 Å². The fourth-order valence-electron chi connectivity index (χ4n) is 7.89. The van der Waals surface area contributed by atoms with Gasteiger partial charge in [-0.05, 0) is 75.9 Å². The summed E-state index contributed by atoms with van der Waals surface area (Å²) in [5.74, 6) is -4.92. The Morgan fingerprint density at radius 3 is 2.08 bits per heavy atom. The van der Waals surface area contributed by atoms with E-state index in [4.69, 9.17) is 42.6 Å². The molecule has 0 spiro atoms. The Kier molecular flexibility index (Phi) is 20.5. The molecule has 0 aromatic carbocycles. The summed E-state index contributed by atoms with van der Waals surface area (Å²) in [4.78, 5) is 65.8. The van der Waals surface area contributed by atoms with Crippen molar-refractivity contribution in [3.63, 3.8) is 0 Å². The third-order valence-corrected chi connectivity index (χ3v) is 12.3. The van der Waals surface area contributed by atoms with Gasteiger partial charge < -0.3 is 57.6 Å². The molecule has 0 aromatic heterocycles. The molecule has 59 heavy (non-hydrogen) atoms. The first kappa shape index (κ1) is 51.0. The van der Waals surface area contributed by atoms with E-state index in [0.29, 0.717) is 11.9 Å². The Morgan fingerprint density at radius 2 is 1.51 bits per heavy atom. The summed E-state index contributed by atoms with van der Waals surface area (Å²) in [6, 6.07) is -0.733. The largest absolute Gasteiger partial charge is 0.458 e. The predicted octanol–water partition coefficient (Wildman–Crippen LogP) is 2.69. The fraction of sp³-hybridized carbons (Fsp3) is 0.780. The number of rotatable bonds is 12. The molecule has 3 heterocycles. The summed E-state index contributed by atoms with van der Waals surface area (Å²) in [6.07, 6.45) is -5.29. The van der Waals surface area contributed by atoms with Gasteiger partial charge in [0.1, 0.15) is 30.7 Å². The van der Waals surface area contributed by atoms with Crippen LogP contribution in [-0.2, 0) is 66.6 Å². The van der Waals surface area contributed by atoms with Crippen molar-refractivity contribution >= 4 is 52.6 Å². The van der Waals surface area contributed by atoms with E-state index in [1.54, 1.807) is 65.8 Å². The standard InChI is InChI=1S/C41H64INO16/c1-20-12-13-29(47)21(2)17-27(14-15-44)34(59-41-36(57-26(7)46)32(43(8)9)35(24(5)55-41)56-25(6)45)22(3)30(48)18-31(49)58-39(42)28(16-20)19-53-40-38(52-11)37(51-10)33(50)23(4)54-40/h12-13,15-16,21-24,27-28,30,32-41,48,50H,14,17-19H2,1-11H3/b13-12+,20-16+/t21-,22+,23?,24?,27+,28?,30-,32?,33-,34-,35-,36?,37?,38?,39+,40-,41?/m1/s1. The number of esters is 3. The molecule has 336 valence electrons. The zero-order chi connectivity index (χ0) is 44.3. The number of carbonyl (C=O) groups is 5. The maximum Gasteiger partial charge on any atom is 0.309 e. The quantitative estimate of drug-likeness (QED) is 0.0947. The number of aliphatic hydroxyl groups excluding tert-OH is 2. The normalized spacial score (nSPS) is 40.7. The van der Waals surface area contributed by atoms with Crippen molar-refractivity contribution in [2.24, 2.45) is 23.7 Å². The van der Waals surface area contributed by atoms with Gasteiger partial charge in [0.2, 0.25) is 0 Å². The lowest BCUT2D eigenvalue weighted by molar-refractivity contribution is -0.308. The maximum absolute atomic E-state index is 13.6. The molecule has 3 aliphatic heterocycles. The summed E-state index contributed by atoms with van der Waals surface area (Å²) in [7, 11) is 6.36. The molecule has 3 rings (SSSR count). The second-order valence-electron chi connectivity index (χ2n) is 15.9. The molecule has 2 saturated heterocycles. The zero-order valence-electron chi connectivity index (χ0n) is 35.9. The number of ether oxygens (including phenoxy) is 9. The molecule has 2 N–H and O–H groups in total. The van der Waals surface area contributed by atoms with Crippen LogP contribution in [0.15, 0.2) is 23.8 Å². The maximum atomic E-state index is 13.6. The van der Waals surface area contributed by atoms with Crippen LogP contribution >= 0.6 is 22.6 Å². The minimum absolute atomic E-state index is 0.0298. The van der Waals surface area contributed by atoms with Crippen LogP contribution in [0.3, 0.4) is 0 Å². The lowest BCUT2D eigenvalue weighted by Gasteiger charge is -2.48. The Bertz CT molecular complexity index is 1480. The molecule has 17 nitrogen and oxygen atoms in total. The number of methoxy groups -OCH3 is 2. The highest BCUT2D eigenvalue weighted by molar-refractivity contribution is 14.1. The van der Waals surface area contributed by atoms with Gasteiger partial charge in [0, 0.05) is 52.2 Å². The van der Waals surface area contributed by atoms with Crippen molar-refractivity contribution in [3.05, 3.63) is 23.8 Å². The molecule has 2 fully saturated rings. The summed E-state index contributed by atoms with van der Waals surface area (Å²) in [5, 5.41) is 22.3. The van der Waals surface area contributed by atoms with Gasteiger partial charge in [0.25, 0.3) is 0 Å². The number of alkyl halides is 1. The van der Waals surface area contributed by atoms with Crippen molar-refractivity contribution in [2.45, 2.75) is 145 Å². The number of ketones is 1.